The Morgan fingerprint density at radius 1 is 1.48 bits per heavy atom. The Morgan fingerprint density at radius 3 is 2.67 bits per heavy atom. The third-order valence-corrected chi connectivity index (χ3v) is 3.92. The van der Waals surface area contributed by atoms with Crippen LogP contribution < -0.4 is 0 Å². The van der Waals surface area contributed by atoms with Crippen LogP contribution in [0.1, 0.15) is 35.3 Å². The fourth-order valence-electron chi connectivity index (χ4n) is 2.53. The average molecular weight is 295 g/mol. The van der Waals surface area contributed by atoms with Crippen LogP contribution >= 0.6 is 0 Å². The van der Waals surface area contributed by atoms with Crippen LogP contribution in [-0.2, 0) is 16.6 Å². The van der Waals surface area contributed by atoms with Gasteiger partial charge in [-0.15, -0.1) is 0 Å². The zero-order chi connectivity index (χ0) is 15.4. The lowest BCUT2D eigenvalue weighted by molar-refractivity contribution is -0.137. The van der Waals surface area contributed by atoms with Crippen molar-refractivity contribution in [1.29, 1.82) is 0 Å². The van der Waals surface area contributed by atoms with Gasteiger partial charge in [0.15, 0.2) is 0 Å². The maximum absolute atomic E-state index is 12.7. The first-order valence-electron chi connectivity index (χ1n) is 7.09. The molecule has 0 saturated carbocycles. The molecule has 116 valence electrons. The van der Waals surface area contributed by atoms with Crippen molar-refractivity contribution in [3.05, 3.63) is 17.5 Å². The van der Waals surface area contributed by atoms with Gasteiger partial charge in [-0.1, -0.05) is 0 Å². The third-order valence-electron chi connectivity index (χ3n) is 3.92. The van der Waals surface area contributed by atoms with Gasteiger partial charge in [0.2, 0.25) is 0 Å². The summed E-state index contributed by atoms with van der Waals surface area (Å²) in [5, 5.41) is 13.0. The highest BCUT2D eigenvalue weighted by molar-refractivity contribution is 5.95. The molecule has 1 aromatic rings. The molecule has 0 unspecified atom stereocenters. The van der Waals surface area contributed by atoms with Crippen LogP contribution in [-0.4, -0.2) is 57.5 Å². The number of carbonyl (C=O) groups excluding carboxylic acids is 1. The lowest BCUT2D eigenvalue weighted by Gasteiger charge is -2.34. The molecule has 1 N–H and O–H groups in total. The zero-order valence-electron chi connectivity index (χ0n) is 12.4. The molecule has 0 aliphatic carbocycles. The molecule has 7 nitrogen and oxygen atoms in total. The molecule has 0 aromatic carbocycles. The molecule has 2 heterocycles. The van der Waals surface area contributed by atoms with Crippen molar-refractivity contribution in [3.8, 4) is 0 Å². The normalized spacial score (nSPS) is 15.9. The molecule has 0 bridgehead atoms. The second kappa shape index (κ2) is 6.71. The molecule has 21 heavy (non-hydrogen) atoms. The number of aromatic nitrogens is 2. The molecule has 0 spiro atoms. The van der Waals surface area contributed by atoms with Crippen molar-refractivity contribution in [2.45, 2.75) is 32.2 Å². The van der Waals surface area contributed by atoms with Crippen molar-refractivity contribution >= 4 is 11.9 Å². The molecule has 0 atom stereocenters. The Balaban J connectivity index is 2.18. The van der Waals surface area contributed by atoms with Gasteiger partial charge >= 0.3 is 5.97 Å². The number of amides is 1. The first-order valence-corrected chi connectivity index (χ1v) is 7.09. The van der Waals surface area contributed by atoms with Crippen LogP contribution in [0.5, 0.6) is 0 Å². The van der Waals surface area contributed by atoms with Crippen LogP contribution in [0.25, 0.3) is 0 Å². The largest absolute Gasteiger partial charge is 0.481 e. The molecule has 1 amide bonds. The van der Waals surface area contributed by atoms with Crippen LogP contribution in [0.15, 0.2) is 6.20 Å². The van der Waals surface area contributed by atoms with Gasteiger partial charge in [0.05, 0.1) is 18.2 Å². The quantitative estimate of drug-likeness (QED) is 0.869. The van der Waals surface area contributed by atoms with Gasteiger partial charge in [0.25, 0.3) is 5.91 Å². The Morgan fingerprint density at radius 2 is 2.14 bits per heavy atom. The number of aryl methyl sites for hydroxylation is 1. The summed E-state index contributed by atoms with van der Waals surface area (Å²) in [6.45, 7) is 3.26. The monoisotopic (exact) mass is 295 g/mol. The topological polar surface area (TPSA) is 84.7 Å². The second-order valence-electron chi connectivity index (χ2n) is 5.25. The highest BCUT2D eigenvalue weighted by Gasteiger charge is 2.28. The van der Waals surface area contributed by atoms with E-state index in [0.29, 0.717) is 18.8 Å². The molecule has 1 aromatic heterocycles. The van der Waals surface area contributed by atoms with E-state index >= 15 is 0 Å². The van der Waals surface area contributed by atoms with Crippen LogP contribution in [0.4, 0.5) is 0 Å². The standard InChI is InChI=1S/C14H21N3O4/c1-10-12(9-15-16(10)2)14(20)17(6-3-13(18)19)11-4-7-21-8-5-11/h9,11H,3-8H2,1-2H3,(H,18,19). The number of nitrogens with zero attached hydrogens (tertiary/aromatic N) is 3. The van der Waals surface area contributed by atoms with Crippen LogP contribution in [0.2, 0.25) is 0 Å². The van der Waals surface area contributed by atoms with E-state index in [2.05, 4.69) is 5.10 Å². The summed E-state index contributed by atoms with van der Waals surface area (Å²) >= 11 is 0. The number of aliphatic carboxylic acids is 1. The van der Waals surface area contributed by atoms with Gasteiger partial charge in [-0.3, -0.25) is 14.3 Å². The lowest BCUT2D eigenvalue weighted by atomic mass is 10.1. The summed E-state index contributed by atoms with van der Waals surface area (Å²) in [7, 11) is 1.78. The minimum absolute atomic E-state index is 0.0326. The van der Waals surface area contributed by atoms with Gasteiger partial charge < -0.3 is 14.7 Å². The number of rotatable bonds is 5. The highest BCUT2D eigenvalue weighted by Crippen LogP contribution is 2.19. The van der Waals surface area contributed by atoms with Crippen molar-refractivity contribution < 1.29 is 19.4 Å². The molecule has 1 aliphatic rings. The van der Waals surface area contributed by atoms with E-state index < -0.39 is 5.97 Å². The number of carbonyl (C=O) groups is 2. The van der Waals surface area contributed by atoms with Gasteiger partial charge in [0, 0.05) is 38.5 Å². The Hall–Kier alpha value is -1.89. The van der Waals surface area contributed by atoms with E-state index in [1.165, 1.54) is 0 Å². The minimum Gasteiger partial charge on any atom is -0.481 e. The molecule has 7 heteroatoms. The first kappa shape index (κ1) is 15.5. The highest BCUT2D eigenvalue weighted by atomic mass is 16.5. The first-order chi connectivity index (χ1) is 10.0. The maximum Gasteiger partial charge on any atom is 0.305 e. The van der Waals surface area contributed by atoms with Gasteiger partial charge in [0.1, 0.15) is 0 Å². The van der Waals surface area contributed by atoms with Crippen molar-refractivity contribution in [2.75, 3.05) is 19.8 Å². The van der Waals surface area contributed by atoms with E-state index in [0.717, 1.165) is 18.5 Å². The SMILES string of the molecule is Cc1c(C(=O)N(CCC(=O)O)C2CCOCC2)cnn1C. The smallest absolute Gasteiger partial charge is 0.305 e. The zero-order valence-corrected chi connectivity index (χ0v) is 12.4. The minimum atomic E-state index is -0.900. The Bertz CT molecular complexity index is 520. The van der Waals surface area contributed by atoms with Crippen molar-refractivity contribution in [2.24, 2.45) is 7.05 Å². The second-order valence-corrected chi connectivity index (χ2v) is 5.25. The molecule has 1 fully saturated rings. The number of carboxylic acid groups (broad SMARTS) is 1. The maximum atomic E-state index is 12.7. The lowest BCUT2D eigenvalue weighted by Crippen LogP contribution is -2.44. The molecule has 2 rings (SSSR count). The number of hydrogen-bond donors (Lipinski definition) is 1. The van der Waals surface area contributed by atoms with E-state index in [9.17, 15) is 9.59 Å². The Labute approximate surface area is 123 Å². The fraction of sp³-hybridized carbons (Fsp3) is 0.643. The number of hydrogen-bond acceptors (Lipinski definition) is 4. The molecular formula is C14H21N3O4. The van der Waals surface area contributed by atoms with Crippen LogP contribution in [0, 0.1) is 6.92 Å². The number of carboxylic acids is 1. The predicted octanol–water partition coefficient (Wildman–Crippen LogP) is 0.824. The van der Waals surface area contributed by atoms with E-state index in [1.54, 1.807) is 22.8 Å². The molecule has 1 aliphatic heterocycles. The summed E-state index contributed by atoms with van der Waals surface area (Å²) in [4.78, 5) is 25.2. The summed E-state index contributed by atoms with van der Waals surface area (Å²) in [6, 6.07) is 0.0326. The molecular weight excluding hydrogens is 274 g/mol. The van der Waals surface area contributed by atoms with Gasteiger partial charge in [-0.05, 0) is 19.8 Å². The van der Waals surface area contributed by atoms with E-state index in [-0.39, 0.29) is 24.9 Å². The predicted molar refractivity (Wildman–Crippen MR) is 75.1 cm³/mol. The summed E-state index contributed by atoms with van der Waals surface area (Å²) in [6.07, 6.45) is 2.97. The van der Waals surface area contributed by atoms with Gasteiger partial charge in [-0.25, -0.2) is 0 Å². The van der Waals surface area contributed by atoms with E-state index in [4.69, 9.17) is 9.84 Å². The van der Waals surface area contributed by atoms with Crippen LogP contribution in [0.3, 0.4) is 0 Å². The van der Waals surface area contributed by atoms with Crippen molar-refractivity contribution in [3.63, 3.8) is 0 Å². The molecule has 0 radical (unpaired) electrons. The van der Waals surface area contributed by atoms with Gasteiger partial charge in [-0.2, -0.15) is 5.10 Å². The Kier molecular flexibility index (Phi) is 4.95. The average Bonchev–Trinajstić information content (AvgIpc) is 2.80. The van der Waals surface area contributed by atoms with E-state index in [1.807, 2.05) is 6.92 Å². The summed E-state index contributed by atoms with van der Waals surface area (Å²) in [5.74, 6) is -1.04. The fourth-order valence-corrected chi connectivity index (χ4v) is 2.53. The van der Waals surface area contributed by atoms with Crippen molar-refractivity contribution in [1.82, 2.24) is 14.7 Å². The molecule has 1 saturated heterocycles. The summed E-state index contributed by atoms with van der Waals surface area (Å²) in [5.41, 5.74) is 1.32. The summed E-state index contributed by atoms with van der Waals surface area (Å²) < 4.78 is 6.96. The third kappa shape index (κ3) is 3.60. The number of ether oxygens (including phenoxy) is 1.